The highest BCUT2D eigenvalue weighted by atomic mass is 16.6. The number of aromatic amines is 1. The SMILES string of the molecule is CCCCOC(=O)c1cc[nH]c1C(C)NC(=O)OC(C)(C)C. The number of carbonyl (C=O) groups is 2. The van der Waals surface area contributed by atoms with Gasteiger partial charge in [-0.15, -0.1) is 0 Å². The van der Waals surface area contributed by atoms with Crippen LogP contribution < -0.4 is 5.32 Å². The molecule has 1 rings (SSSR count). The van der Waals surface area contributed by atoms with Gasteiger partial charge in [-0.3, -0.25) is 0 Å². The van der Waals surface area contributed by atoms with Gasteiger partial charge in [-0.25, -0.2) is 9.59 Å². The molecule has 124 valence electrons. The predicted molar refractivity (Wildman–Crippen MR) is 83.8 cm³/mol. The zero-order valence-corrected chi connectivity index (χ0v) is 14.0. The average Bonchev–Trinajstić information content (AvgIpc) is 2.85. The zero-order valence-electron chi connectivity index (χ0n) is 14.0. The number of amides is 1. The number of esters is 1. The number of nitrogens with one attached hydrogen (secondary N) is 2. The maximum atomic E-state index is 12.0. The Morgan fingerprint density at radius 1 is 1.36 bits per heavy atom. The van der Waals surface area contributed by atoms with Gasteiger partial charge in [0.1, 0.15) is 5.60 Å². The predicted octanol–water partition coefficient (Wildman–Crippen LogP) is 3.56. The topological polar surface area (TPSA) is 80.4 Å². The Morgan fingerprint density at radius 2 is 2.05 bits per heavy atom. The molecule has 0 saturated heterocycles. The van der Waals surface area contributed by atoms with Crippen LogP contribution >= 0.6 is 0 Å². The lowest BCUT2D eigenvalue weighted by Crippen LogP contribution is -2.34. The summed E-state index contributed by atoms with van der Waals surface area (Å²) in [5.41, 5.74) is 0.466. The summed E-state index contributed by atoms with van der Waals surface area (Å²) in [6, 6.07) is 1.26. The van der Waals surface area contributed by atoms with Crippen LogP contribution in [0, 0.1) is 0 Å². The van der Waals surface area contributed by atoms with Gasteiger partial charge in [0.2, 0.25) is 0 Å². The first kappa shape index (κ1) is 18.1. The van der Waals surface area contributed by atoms with Gasteiger partial charge in [0.25, 0.3) is 0 Å². The molecule has 0 fully saturated rings. The van der Waals surface area contributed by atoms with E-state index in [0.717, 1.165) is 12.8 Å². The number of alkyl carbamates (subject to hydrolysis) is 1. The molecule has 0 saturated carbocycles. The normalized spacial score (nSPS) is 12.6. The second-order valence-electron chi connectivity index (χ2n) is 6.16. The molecule has 0 aliphatic heterocycles. The molecule has 0 bridgehead atoms. The van der Waals surface area contributed by atoms with Crippen molar-refractivity contribution in [3.8, 4) is 0 Å². The maximum Gasteiger partial charge on any atom is 0.408 e. The van der Waals surface area contributed by atoms with Gasteiger partial charge in [0, 0.05) is 6.20 Å². The first-order valence-electron chi connectivity index (χ1n) is 7.58. The second kappa shape index (κ2) is 7.87. The van der Waals surface area contributed by atoms with Crippen molar-refractivity contribution < 1.29 is 19.1 Å². The molecule has 1 aromatic heterocycles. The average molecular weight is 310 g/mol. The Kier molecular flexibility index (Phi) is 6.46. The molecule has 1 unspecified atom stereocenters. The fourth-order valence-electron chi connectivity index (χ4n) is 1.86. The molecule has 0 radical (unpaired) electrons. The summed E-state index contributed by atoms with van der Waals surface area (Å²) in [5, 5.41) is 2.70. The Morgan fingerprint density at radius 3 is 2.64 bits per heavy atom. The number of hydrogen-bond acceptors (Lipinski definition) is 4. The van der Waals surface area contributed by atoms with E-state index in [1.54, 1.807) is 40.0 Å². The van der Waals surface area contributed by atoms with E-state index in [-0.39, 0.29) is 5.97 Å². The molecule has 0 aliphatic rings. The van der Waals surface area contributed by atoms with Crippen LogP contribution in [0.2, 0.25) is 0 Å². The van der Waals surface area contributed by atoms with Crippen molar-refractivity contribution in [3.63, 3.8) is 0 Å². The minimum atomic E-state index is -0.568. The molecule has 0 aliphatic carbocycles. The summed E-state index contributed by atoms with van der Waals surface area (Å²) in [6.07, 6.45) is 2.92. The highest BCUT2D eigenvalue weighted by Gasteiger charge is 2.22. The van der Waals surface area contributed by atoms with E-state index >= 15 is 0 Å². The molecule has 1 atom stereocenters. The quantitative estimate of drug-likeness (QED) is 0.622. The van der Waals surface area contributed by atoms with Crippen molar-refractivity contribution in [2.24, 2.45) is 0 Å². The molecule has 1 aromatic rings. The van der Waals surface area contributed by atoms with Gasteiger partial charge in [0.15, 0.2) is 0 Å². The summed E-state index contributed by atoms with van der Waals surface area (Å²) in [5.74, 6) is -0.387. The van der Waals surface area contributed by atoms with Crippen molar-refractivity contribution in [2.75, 3.05) is 6.61 Å². The third-order valence-electron chi connectivity index (χ3n) is 2.90. The van der Waals surface area contributed by atoms with Crippen LogP contribution in [0.1, 0.15) is 69.6 Å². The number of unbranched alkanes of at least 4 members (excludes halogenated alkanes) is 1. The first-order chi connectivity index (χ1) is 10.2. The van der Waals surface area contributed by atoms with Gasteiger partial charge < -0.3 is 19.8 Å². The summed E-state index contributed by atoms with van der Waals surface area (Å²) in [4.78, 5) is 26.8. The number of ether oxygens (including phenoxy) is 2. The number of carbonyl (C=O) groups excluding carboxylic acids is 2. The molecule has 2 N–H and O–H groups in total. The minimum absolute atomic E-state index is 0.387. The smallest absolute Gasteiger partial charge is 0.408 e. The Hall–Kier alpha value is -1.98. The highest BCUT2D eigenvalue weighted by Crippen LogP contribution is 2.18. The van der Waals surface area contributed by atoms with Crippen LogP contribution in [-0.2, 0) is 9.47 Å². The van der Waals surface area contributed by atoms with E-state index in [2.05, 4.69) is 10.3 Å². The zero-order chi connectivity index (χ0) is 16.8. The Balaban J connectivity index is 2.67. The van der Waals surface area contributed by atoms with Crippen LogP contribution in [-0.4, -0.2) is 29.3 Å². The summed E-state index contributed by atoms with van der Waals surface area (Å²) in [7, 11) is 0. The second-order valence-corrected chi connectivity index (χ2v) is 6.16. The van der Waals surface area contributed by atoms with Gasteiger partial charge in [-0.1, -0.05) is 13.3 Å². The number of H-pyrrole nitrogens is 1. The fourth-order valence-corrected chi connectivity index (χ4v) is 1.86. The van der Waals surface area contributed by atoms with Crippen LogP contribution in [0.25, 0.3) is 0 Å². The Labute approximate surface area is 131 Å². The summed E-state index contributed by atoms with van der Waals surface area (Å²) < 4.78 is 10.4. The standard InChI is InChI=1S/C16H26N2O4/c1-6-7-10-21-14(19)12-8-9-17-13(12)11(2)18-15(20)22-16(3,4)5/h8-9,11,17H,6-7,10H2,1-5H3,(H,18,20). The van der Waals surface area contributed by atoms with Crippen molar-refractivity contribution >= 4 is 12.1 Å². The van der Waals surface area contributed by atoms with Crippen LogP contribution in [0.3, 0.4) is 0 Å². The summed E-state index contributed by atoms with van der Waals surface area (Å²) in [6.45, 7) is 9.59. The molecular formula is C16H26N2O4. The van der Waals surface area contributed by atoms with Gasteiger partial charge in [-0.05, 0) is 40.2 Å². The molecule has 1 heterocycles. The summed E-state index contributed by atoms with van der Waals surface area (Å²) >= 11 is 0. The monoisotopic (exact) mass is 310 g/mol. The molecule has 0 spiro atoms. The largest absolute Gasteiger partial charge is 0.462 e. The highest BCUT2D eigenvalue weighted by molar-refractivity contribution is 5.91. The lowest BCUT2D eigenvalue weighted by atomic mass is 10.1. The first-order valence-corrected chi connectivity index (χ1v) is 7.58. The van der Waals surface area contributed by atoms with Crippen LogP contribution in [0.5, 0.6) is 0 Å². The Bertz CT molecular complexity index is 502. The van der Waals surface area contributed by atoms with Crippen LogP contribution in [0.15, 0.2) is 12.3 Å². The molecule has 6 heteroatoms. The van der Waals surface area contributed by atoms with E-state index in [9.17, 15) is 9.59 Å². The van der Waals surface area contributed by atoms with Crippen molar-refractivity contribution in [3.05, 3.63) is 23.5 Å². The third-order valence-corrected chi connectivity index (χ3v) is 2.90. The van der Waals surface area contributed by atoms with Crippen molar-refractivity contribution in [2.45, 2.75) is 59.1 Å². The number of aromatic nitrogens is 1. The molecule has 1 amide bonds. The van der Waals surface area contributed by atoms with E-state index in [1.807, 2.05) is 6.92 Å². The molecule has 6 nitrogen and oxygen atoms in total. The van der Waals surface area contributed by atoms with E-state index in [0.29, 0.717) is 17.9 Å². The van der Waals surface area contributed by atoms with Gasteiger partial charge in [0.05, 0.1) is 23.9 Å². The van der Waals surface area contributed by atoms with Crippen molar-refractivity contribution in [1.29, 1.82) is 0 Å². The lowest BCUT2D eigenvalue weighted by Gasteiger charge is -2.22. The number of hydrogen-bond donors (Lipinski definition) is 2. The third kappa shape index (κ3) is 5.79. The molecule has 0 aromatic carbocycles. The van der Waals surface area contributed by atoms with Gasteiger partial charge in [-0.2, -0.15) is 0 Å². The maximum absolute atomic E-state index is 12.0. The fraction of sp³-hybridized carbons (Fsp3) is 0.625. The van der Waals surface area contributed by atoms with Crippen LogP contribution in [0.4, 0.5) is 4.79 Å². The minimum Gasteiger partial charge on any atom is -0.462 e. The van der Waals surface area contributed by atoms with Gasteiger partial charge >= 0.3 is 12.1 Å². The van der Waals surface area contributed by atoms with E-state index < -0.39 is 17.7 Å². The lowest BCUT2D eigenvalue weighted by molar-refractivity contribution is 0.0477. The van der Waals surface area contributed by atoms with Crippen molar-refractivity contribution in [1.82, 2.24) is 10.3 Å². The number of rotatable bonds is 6. The molecule has 22 heavy (non-hydrogen) atoms. The van der Waals surface area contributed by atoms with E-state index in [1.165, 1.54) is 0 Å². The molecular weight excluding hydrogens is 284 g/mol. The van der Waals surface area contributed by atoms with E-state index in [4.69, 9.17) is 9.47 Å².